The molecular weight excluding hydrogens is 455 g/mol. The molecule has 0 unspecified atom stereocenters. The van der Waals surface area contributed by atoms with Crippen molar-refractivity contribution < 1.29 is 25.9 Å². The number of imidazole rings is 1. The summed E-state index contributed by atoms with van der Waals surface area (Å²) in [5.41, 5.74) is 6.61. The van der Waals surface area contributed by atoms with E-state index in [0.717, 1.165) is 0 Å². The second-order valence-electron chi connectivity index (χ2n) is 6.33. The summed E-state index contributed by atoms with van der Waals surface area (Å²) in [6.45, 7) is -2.71. The van der Waals surface area contributed by atoms with E-state index in [0.29, 0.717) is 15.0 Å². The van der Waals surface area contributed by atoms with Crippen molar-refractivity contribution in [1.82, 2.24) is 24.8 Å². The van der Waals surface area contributed by atoms with Crippen molar-refractivity contribution in [2.75, 3.05) is 12.2 Å². The molecule has 2 aliphatic rings. The first-order valence-corrected chi connectivity index (χ1v) is 8.77. The molecule has 26 heavy (non-hydrogen) atoms. The lowest BCUT2D eigenvalue weighted by molar-refractivity contribution is -0.197. The number of carbonyl (C=O) groups is 1. The Kier molecular flexibility index (Phi) is 3.07. The molecule has 3 N–H and O–H groups in total. The highest BCUT2D eigenvalue weighted by Crippen LogP contribution is 2.43. The molecule has 10 nitrogen and oxygen atoms in total. The molecule has 2 aromatic rings. The van der Waals surface area contributed by atoms with Gasteiger partial charge in [0, 0.05) is 35.9 Å². The van der Waals surface area contributed by atoms with Crippen LogP contribution in [0.4, 0.5) is 5.82 Å². The fourth-order valence-electron chi connectivity index (χ4n) is 3.24. The molecule has 4 rings (SSSR count). The van der Waals surface area contributed by atoms with Gasteiger partial charge in [-0.05, 0) is 20.7 Å². The normalized spacial score (nSPS) is 33.7. The van der Waals surface area contributed by atoms with E-state index in [1.807, 2.05) is 27.9 Å². The molecule has 2 saturated heterocycles. The van der Waals surface area contributed by atoms with Crippen LogP contribution >= 0.6 is 22.6 Å². The number of fused-ring (bicyclic) bond motifs is 2. The van der Waals surface area contributed by atoms with Crippen LogP contribution < -0.4 is 11.1 Å². The van der Waals surface area contributed by atoms with E-state index in [4.69, 9.17) is 26.8 Å². The van der Waals surface area contributed by atoms with Crippen molar-refractivity contribution in [1.29, 1.82) is 0 Å². The molecule has 0 aromatic carbocycles. The van der Waals surface area contributed by atoms with E-state index in [1.54, 1.807) is 13.8 Å². The highest BCUT2D eigenvalue weighted by Gasteiger charge is 2.58. The molecule has 2 aromatic heterocycles. The van der Waals surface area contributed by atoms with Gasteiger partial charge in [0.1, 0.15) is 17.7 Å². The van der Waals surface area contributed by atoms with Crippen molar-refractivity contribution in [3.05, 3.63) is 10.2 Å². The number of nitrogens with zero attached hydrogens (tertiary/aromatic N) is 4. The van der Waals surface area contributed by atoms with Gasteiger partial charge < -0.3 is 25.3 Å². The fourth-order valence-corrected chi connectivity index (χ4v) is 3.73. The van der Waals surface area contributed by atoms with Crippen LogP contribution in [-0.2, 0) is 19.0 Å². The molecule has 0 aliphatic carbocycles. The first-order valence-electron chi connectivity index (χ1n) is 10.2. The van der Waals surface area contributed by atoms with Gasteiger partial charge in [-0.15, -0.1) is 0 Å². The molecule has 2 aliphatic heterocycles. The number of ether oxygens (including phenoxy) is 3. The van der Waals surface area contributed by atoms with E-state index >= 15 is 0 Å². The molecule has 1 amide bonds. The number of hydrogen-bond acceptors (Lipinski definition) is 8. The SMILES string of the molecule is [2H]C([2H])([2H])C([2H])([2H])NC(=O)[C@H]1O[C@@H](n2cnc3c(N)nc(I)nc32)[C@H]2OC(C)(C)O[C@H]21. The number of likely N-dealkylation sites (N-methyl/N-ethyl adjacent to an activating group) is 1. The average molecular weight is 479 g/mol. The van der Waals surface area contributed by atoms with Crippen LogP contribution in [-0.4, -0.2) is 56.0 Å². The Hall–Kier alpha value is -1.57. The van der Waals surface area contributed by atoms with Crippen LogP contribution in [0.2, 0.25) is 0 Å². The van der Waals surface area contributed by atoms with Crippen molar-refractivity contribution in [3.8, 4) is 0 Å². The number of carbonyl (C=O) groups excluding carboxylic acids is 1. The zero-order valence-corrected chi connectivity index (χ0v) is 15.9. The number of anilines is 1. The Morgan fingerprint density at radius 3 is 3.04 bits per heavy atom. The van der Waals surface area contributed by atoms with Crippen LogP contribution in [0.25, 0.3) is 11.2 Å². The Labute approximate surface area is 170 Å². The second kappa shape index (κ2) is 6.25. The number of nitrogens with two attached hydrogens (primary N) is 1. The minimum atomic E-state index is -3.07. The van der Waals surface area contributed by atoms with Crippen molar-refractivity contribution >= 4 is 45.5 Å². The summed E-state index contributed by atoms with van der Waals surface area (Å²) < 4.78 is 56.8. The first-order chi connectivity index (χ1) is 14.2. The first kappa shape index (κ1) is 12.8. The maximum Gasteiger partial charge on any atom is 0.252 e. The van der Waals surface area contributed by atoms with Gasteiger partial charge >= 0.3 is 0 Å². The molecule has 140 valence electrons. The molecule has 0 saturated carbocycles. The number of nitrogen functional groups attached to an aromatic ring is 1. The predicted molar refractivity (Wildman–Crippen MR) is 98.9 cm³/mol. The Bertz CT molecular complexity index is 1050. The van der Waals surface area contributed by atoms with Gasteiger partial charge in [-0.2, -0.15) is 0 Å². The zero-order chi connectivity index (χ0) is 22.9. The molecule has 4 heterocycles. The largest absolute Gasteiger partial charge is 0.382 e. The predicted octanol–water partition coefficient (Wildman–Crippen LogP) is 0.567. The minimum Gasteiger partial charge on any atom is -0.382 e. The second-order valence-corrected chi connectivity index (χ2v) is 7.29. The average Bonchev–Trinajstić information content (AvgIpc) is 3.23. The number of hydrogen-bond donors (Lipinski definition) is 2. The van der Waals surface area contributed by atoms with Crippen LogP contribution in [0.5, 0.6) is 0 Å². The fraction of sp³-hybridized carbons (Fsp3) is 0.600. The lowest BCUT2D eigenvalue weighted by atomic mass is 10.1. The lowest BCUT2D eigenvalue weighted by Crippen LogP contribution is -2.42. The molecule has 4 atom stereocenters. The van der Waals surface area contributed by atoms with Crippen molar-refractivity contribution in [2.45, 2.75) is 51.0 Å². The Morgan fingerprint density at radius 1 is 1.50 bits per heavy atom. The molecule has 0 bridgehead atoms. The van der Waals surface area contributed by atoms with Gasteiger partial charge in [-0.3, -0.25) is 9.36 Å². The number of aromatic nitrogens is 4. The summed E-state index contributed by atoms with van der Waals surface area (Å²) in [5, 5.41) is 1.90. The lowest BCUT2D eigenvalue weighted by Gasteiger charge is -2.24. The van der Waals surface area contributed by atoms with Crippen LogP contribution in [0.15, 0.2) is 6.33 Å². The van der Waals surface area contributed by atoms with E-state index in [-0.39, 0.29) is 5.82 Å². The van der Waals surface area contributed by atoms with Crippen LogP contribution in [0.3, 0.4) is 0 Å². The van der Waals surface area contributed by atoms with E-state index in [1.165, 1.54) is 10.9 Å². The minimum absolute atomic E-state index is 0.173. The molecular formula is C15H19IN6O4. The van der Waals surface area contributed by atoms with E-state index < -0.39 is 49.6 Å². The highest BCUT2D eigenvalue weighted by atomic mass is 127. The summed E-state index contributed by atoms with van der Waals surface area (Å²) >= 11 is 1.91. The highest BCUT2D eigenvalue weighted by molar-refractivity contribution is 14.1. The number of halogens is 1. The zero-order valence-electron chi connectivity index (χ0n) is 18.8. The molecule has 2 fully saturated rings. The Balaban J connectivity index is 1.69. The van der Waals surface area contributed by atoms with Gasteiger partial charge in [0.15, 0.2) is 33.4 Å². The monoisotopic (exact) mass is 479 g/mol. The van der Waals surface area contributed by atoms with Gasteiger partial charge in [0.25, 0.3) is 5.91 Å². The smallest absolute Gasteiger partial charge is 0.252 e. The van der Waals surface area contributed by atoms with E-state index in [2.05, 4.69) is 15.0 Å². The third-order valence-electron chi connectivity index (χ3n) is 4.17. The maximum absolute atomic E-state index is 12.8. The van der Waals surface area contributed by atoms with Crippen molar-refractivity contribution in [3.63, 3.8) is 0 Å². The number of amides is 1. The van der Waals surface area contributed by atoms with E-state index in [9.17, 15) is 4.79 Å². The summed E-state index contributed by atoms with van der Waals surface area (Å²) in [7, 11) is 0. The summed E-state index contributed by atoms with van der Waals surface area (Å²) in [6.07, 6.45) is -2.55. The standard InChI is InChI=1S/C15H19IN6O4/c1-4-18-12(23)8-7-9(26-15(2,3)25-7)13(24-8)22-5-19-6-10(17)20-14(16)21-11(6)22/h5,7-9,13H,4H2,1-3H3,(H,18,23)(H2,17,20,21)/t7-,8-,9-,13+/m0/s1/i1D3,4D2. The quantitative estimate of drug-likeness (QED) is 0.484. The summed E-state index contributed by atoms with van der Waals surface area (Å²) in [5.74, 6) is -1.86. The molecule has 11 heteroatoms. The third-order valence-corrected chi connectivity index (χ3v) is 4.65. The number of nitrogens with one attached hydrogen (secondary N) is 1. The number of rotatable bonds is 3. The van der Waals surface area contributed by atoms with Gasteiger partial charge in [0.2, 0.25) is 0 Å². The summed E-state index contributed by atoms with van der Waals surface area (Å²) in [4.78, 5) is 25.4. The van der Waals surface area contributed by atoms with Gasteiger partial charge in [0.05, 0.1) is 6.33 Å². The topological polar surface area (TPSA) is 126 Å². The van der Waals surface area contributed by atoms with Crippen LogP contribution in [0, 0.1) is 3.83 Å². The summed E-state index contributed by atoms with van der Waals surface area (Å²) in [6, 6.07) is 0. The maximum atomic E-state index is 12.8. The van der Waals surface area contributed by atoms with Crippen molar-refractivity contribution in [2.24, 2.45) is 0 Å². The van der Waals surface area contributed by atoms with Gasteiger partial charge in [-0.25, -0.2) is 15.0 Å². The van der Waals surface area contributed by atoms with Crippen LogP contribution in [0.1, 0.15) is 33.8 Å². The third kappa shape index (κ3) is 2.82. The molecule has 0 radical (unpaired) electrons. The molecule has 0 spiro atoms. The Morgan fingerprint density at radius 2 is 2.27 bits per heavy atom. The van der Waals surface area contributed by atoms with Gasteiger partial charge in [-0.1, -0.05) is 0 Å².